The Labute approximate surface area is 236 Å². The van der Waals surface area contributed by atoms with Gasteiger partial charge >= 0.3 is 0 Å². The van der Waals surface area contributed by atoms with Gasteiger partial charge in [0.1, 0.15) is 23.4 Å². The van der Waals surface area contributed by atoms with Crippen LogP contribution < -0.4 is 15.5 Å². The molecule has 0 saturated carbocycles. The second kappa shape index (κ2) is 11.6. The summed E-state index contributed by atoms with van der Waals surface area (Å²) in [5.41, 5.74) is 7.26. The number of fused-ring (bicyclic) bond motifs is 3. The van der Waals surface area contributed by atoms with Crippen LogP contribution in [0.4, 0.5) is 0 Å². The number of aliphatic imine (C=N–C) groups is 1. The molecule has 1 aliphatic heterocycles. The number of phenolic OH excluding ortho intramolecular Hbond substituents is 1. The molecule has 4 aromatic rings. The van der Waals surface area contributed by atoms with E-state index in [2.05, 4.69) is 25.8 Å². The van der Waals surface area contributed by atoms with E-state index in [1.54, 1.807) is 13.2 Å². The van der Waals surface area contributed by atoms with Crippen LogP contribution in [0.3, 0.4) is 0 Å². The zero-order valence-corrected chi connectivity index (χ0v) is 23.1. The number of aromatic nitrogens is 3. The zero-order chi connectivity index (χ0) is 29.1. The van der Waals surface area contributed by atoms with Crippen LogP contribution >= 0.6 is 0 Å². The second-order valence-corrected chi connectivity index (χ2v) is 9.65. The number of benzene rings is 3. The highest BCUT2D eigenvalue weighted by molar-refractivity contribution is 6.15. The van der Waals surface area contributed by atoms with Crippen LogP contribution in [0.2, 0.25) is 0 Å². The molecule has 1 aromatic heterocycles. The molecule has 3 aromatic carbocycles. The quantitative estimate of drug-likeness (QED) is 0.283. The highest BCUT2D eigenvalue weighted by atomic mass is 16.6. The summed E-state index contributed by atoms with van der Waals surface area (Å²) in [6.45, 7) is 4.02. The zero-order valence-electron chi connectivity index (χ0n) is 23.1. The number of hydrogen-bond donors (Lipinski definition) is 3. The third-order valence-corrected chi connectivity index (χ3v) is 6.83. The first kappa shape index (κ1) is 27.5. The van der Waals surface area contributed by atoms with Gasteiger partial charge in [-0.2, -0.15) is 0 Å². The summed E-state index contributed by atoms with van der Waals surface area (Å²) in [5, 5.41) is 21.7. The summed E-state index contributed by atoms with van der Waals surface area (Å²) in [7, 11) is 2.92. The first-order chi connectivity index (χ1) is 19.8. The van der Waals surface area contributed by atoms with Crippen molar-refractivity contribution < 1.29 is 24.3 Å². The molecule has 41 heavy (non-hydrogen) atoms. The number of rotatable bonds is 8. The minimum absolute atomic E-state index is 0.00766. The molecule has 0 spiro atoms. The van der Waals surface area contributed by atoms with Crippen LogP contribution in [0.1, 0.15) is 56.7 Å². The summed E-state index contributed by atoms with van der Waals surface area (Å²) >= 11 is 0. The first-order valence-corrected chi connectivity index (χ1v) is 13.0. The average Bonchev–Trinajstić information content (AvgIpc) is 3.29. The van der Waals surface area contributed by atoms with E-state index in [4.69, 9.17) is 9.73 Å². The number of methoxy groups -OCH3 is 1. The van der Waals surface area contributed by atoms with Crippen molar-refractivity contribution in [3.05, 3.63) is 100 Å². The van der Waals surface area contributed by atoms with Gasteiger partial charge in [-0.05, 0) is 49.7 Å². The van der Waals surface area contributed by atoms with Gasteiger partial charge < -0.3 is 15.2 Å². The van der Waals surface area contributed by atoms with Crippen molar-refractivity contribution in [3.8, 4) is 17.2 Å². The molecule has 0 unspecified atom stereocenters. The smallest absolute Gasteiger partial charge is 0.278 e. The molecular weight excluding hydrogens is 524 g/mol. The molecule has 11 heteroatoms. The Morgan fingerprint density at radius 1 is 1.00 bits per heavy atom. The molecular formula is C30H30N6O5. The van der Waals surface area contributed by atoms with E-state index in [0.29, 0.717) is 28.7 Å². The van der Waals surface area contributed by atoms with Crippen LogP contribution in [0, 0.1) is 13.8 Å². The minimum Gasteiger partial charge on any atom is -0.507 e. The number of hydrogen-bond acceptors (Lipinski definition) is 8. The summed E-state index contributed by atoms with van der Waals surface area (Å²) in [5.74, 6) is 0.836. The number of carbonyl (C=O) groups excluding carboxylic acids is 2. The third-order valence-electron chi connectivity index (χ3n) is 6.83. The SMILES string of the molecule is CONC(=O)c1cc(CNC(=O)C[C@@H]2N=C(c3ccc(C)cc3)c3cc(OC)ccc3-n3c(C)nnc32)ccc1O. The van der Waals surface area contributed by atoms with Gasteiger partial charge in [-0.3, -0.25) is 24.0 Å². The third kappa shape index (κ3) is 5.66. The Hall–Kier alpha value is -5.03. The molecule has 0 radical (unpaired) electrons. The molecule has 2 heterocycles. The maximum Gasteiger partial charge on any atom is 0.278 e. The Morgan fingerprint density at radius 2 is 1.78 bits per heavy atom. The molecule has 5 rings (SSSR count). The van der Waals surface area contributed by atoms with Crippen molar-refractivity contribution in [1.82, 2.24) is 25.6 Å². The summed E-state index contributed by atoms with van der Waals surface area (Å²) in [6, 6.07) is 17.7. The largest absolute Gasteiger partial charge is 0.507 e. The number of aryl methyl sites for hydroxylation is 2. The number of hydroxylamine groups is 1. The number of carbonyl (C=O) groups is 2. The lowest BCUT2D eigenvalue weighted by Crippen LogP contribution is -2.26. The molecule has 210 valence electrons. The minimum atomic E-state index is -0.631. The maximum atomic E-state index is 13.3. The van der Waals surface area contributed by atoms with Gasteiger partial charge in [0.2, 0.25) is 5.91 Å². The van der Waals surface area contributed by atoms with E-state index in [1.807, 2.05) is 60.9 Å². The Morgan fingerprint density at radius 3 is 2.51 bits per heavy atom. The molecule has 0 fully saturated rings. The standard InChI is InChI=1S/C30H30N6O5/c1-17-5-8-20(9-6-17)28-22-14-21(40-3)10-11-25(22)36-18(2)33-34-29(36)24(32-28)15-27(38)31-16-19-7-12-26(37)23(13-19)30(39)35-41-4/h5-14,24,37H,15-16H2,1-4H3,(H,31,38)(H,35,39)/t24-/m0/s1. The van der Waals surface area contributed by atoms with Crippen molar-refractivity contribution in [2.24, 2.45) is 4.99 Å². The van der Waals surface area contributed by atoms with Crippen LogP contribution in [-0.2, 0) is 16.2 Å². The number of nitrogens with one attached hydrogen (secondary N) is 2. The predicted octanol–water partition coefficient (Wildman–Crippen LogP) is 3.49. The lowest BCUT2D eigenvalue weighted by molar-refractivity contribution is -0.121. The van der Waals surface area contributed by atoms with Gasteiger partial charge in [0, 0.05) is 17.7 Å². The van der Waals surface area contributed by atoms with Crippen molar-refractivity contribution in [2.45, 2.75) is 32.9 Å². The van der Waals surface area contributed by atoms with Crippen LogP contribution in [0.25, 0.3) is 5.69 Å². The van der Waals surface area contributed by atoms with Crippen LogP contribution in [-0.4, -0.2) is 51.6 Å². The normalized spacial score (nSPS) is 13.9. The lowest BCUT2D eigenvalue weighted by atomic mass is 9.99. The highest BCUT2D eigenvalue weighted by Crippen LogP contribution is 2.34. The maximum absolute atomic E-state index is 13.3. The van der Waals surface area contributed by atoms with Gasteiger partial charge in [0.05, 0.1) is 37.6 Å². The molecule has 1 aliphatic rings. The summed E-state index contributed by atoms with van der Waals surface area (Å²) in [4.78, 5) is 35.1. The molecule has 1 atom stereocenters. The Bertz CT molecular complexity index is 1640. The fourth-order valence-corrected chi connectivity index (χ4v) is 4.75. The number of aromatic hydroxyl groups is 1. The fourth-order valence-electron chi connectivity index (χ4n) is 4.75. The van der Waals surface area contributed by atoms with Gasteiger partial charge in [0.15, 0.2) is 5.82 Å². The van der Waals surface area contributed by atoms with Gasteiger partial charge in [-0.1, -0.05) is 35.9 Å². The van der Waals surface area contributed by atoms with Crippen molar-refractivity contribution in [3.63, 3.8) is 0 Å². The van der Waals surface area contributed by atoms with E-state index in [9.17, 15) is 14.7 Å². The number of ether oxygens (including phenoxy) is 1. The van der Waals surface area contributed by atoms with Gasteiger partial charge in [0.25, 0.3) is 5.91 Å². The first-order valence-electron chi connectivity index (χ1n) is 13.0. The van der Waals surface area contributed by atoms with Crippen LogP contribution in [0.15, 0.2) is 65.7 Å². The number of amides is 2. The Kier molecular flexibility index (Phi) is 7.79. The molecule has 0 bridgehead atoms. The van der Waals surface area contributed by atoms with Crippen molar-refractivity contribution in [2.75, 3.05) is 14.2 Å². The molecule has 0 aliphatic carbocycles. The molecule has 0 saturated heterocycles. The number of phenols is 1. The summed E-state index contributed by atoms with van der Waals surface area (Å²) in [6.07, 6.45) is 0.00766. The van der Waals surface area contributed by atoms with Gasteiger partial charge in [-0.25, -0.2) is 5.48 Å². The fraction of sp³-hybridized carbons (Fsp3) is 0.233. The van der Waals surface area contributed by atoms with E-state index in [1.165, 1.54) is 19.2 Å². The topological polar surface area (TPSA) is 140 Å². The van der Waals surface area contributed by atoms with E-state index < -0.39 is 11.9 Å². The predicted molar refractivity (Wildman–Crippen MR) is 151 cm³/mol. The Balaban J connectivity index is 1.47. The van der Waals surface area contributed by atoms with Crippen molar-refractivity contribution >= 4 is 17.5 Å². The summed E-state index contributed by atoms with van der Waals surface area (Å²) < 4.78 is 7.45. The highest BCUT2D eigenvalue weighted by Gasteiger charge is 2.30. The van der Waals surface area contributed by atoms with E-state index in [-0.39, 0.29) is 30.2 Å². The average molecular weight is 555 g/mol. The van der Waals surface area contributed by atoms with E-state index >= 15 is 0 Å². The van der Waals surface area contributed by atoms with Gasteiger partial charge in [-0.15, -0.1) is 10.2 Å². The lowest BCUT2D eigenvalue weighted by Gasteiger charge is -2.14. The van der Waals surface area contributed by atoms with E-state index in [0.717, 1.165) is 22.4 Å². The monoisotopic (exact) mass is 554 g/mol. The molecule has 2 amide bonds. The van der Waals surface area contributed by atoms with Crippen LogP contribution in [0.5, 0.6) is 11.5 Å². The second-order valence-electron chi connectivity index (χ2n) is 9.65. The molecule has 11 nitrogen and oxygen atoms in total. The van der Waals surface area contributed by atoms with Crippen molar-refractivity contribution in [1.29, 1.82) is 0 Å². The molecule has 3 N–H and O–H groups in total. The number of nitrogens with zero attached hydrogens (tertiary/aromatic N) is 4.